The zero-order valence-corrected chi connectivity index (χ0v) is 15.9. The Morgan fingerprint density at radius 2 is 2.04 bits per heavy atom. The second-order valence-electron chi connectivity index (χ2n) is 7.47. The average Bonchev–Trinajstić information content (AvgIpc) is 3.31. The number of nitrogens with zero attached hydrogens (tertiary/aromatic N) is 3. The maximum absolute atomic E-state index is 12.5. The molecule has 0 unspecified atom stereocenters. The van der Waals surface area contributed by atoms with Crippen LogP contribution in [0.15, 0.2) is 27.6 Å². The van der Waals surface area contributed by atoms with Gasteiger partial charge in [-0.25, -0.2) is 13.1 Å². The number of sulfonamides is 1. The summed E-state index contributed by atoms with van der Waals surface area (Å²) in [6.07, 6.45) is 4.92. The maximum atomic E-state index is 12.5. The Kier molecular flexibility index (Phi) is 4.13. The van der Waals surface area contributed by atoms with Gasteiger partial charge >= 0.3 is 0 Å². The van der Waals surface area contributed by atoms with E-state index in [2.05, 4.69) is 14.9 Å². The third kappa shape index (κ3) is 3.26. The predicted octanol–water partition coefficient (Wildman–Crippen LogP) is 1.70. The summed E-state index contributed by atoms with van der Waals surface area (Å²) in [4.78, 5) is 18.4. The minimum absolute atomic E-state index is 0.000672. The second kappa shape index (κ2) is 6.56. The molecule has 148 valence electrons. The molecule has 9 nitrogen and oxygen atoms in total. The minimum atomic E-state index is -3.64. The first-order valence-electron chi connectivity index (χ1n) is 9.41. The van der Waals surface area contributed by atoms with Crippen LogP contribution in [0.25, 0.3) is 0 Å². The number of carbonyl (C=O) groups is 1. The van der Waals surface area contributed by atoms with E-state index in [0.717, 1.165) is 32.1 Å². The van der Waals surface area contributed by atoms with Gasteiger partial charge in [-0.15, -0.1) is 0 Å². The fraction of sp³-hybridized carbons (Fsp3) is 0.500. The van der Waals surface area contributed by atoms with Gasteiger partial charge in [0.25, 0.3) is 5.91 Å². The van der Waals surface area contributed by atoms with Crippen molar-refractivity contribution in [2.75, 3.05) is 11.5 Å². The highest BCUT2D eigenvalue weighted by Crippen LogP contribution is 2.37. The molecule has 1 amide bonds. The third-order valence-corrected chi connectivity index (χ3v) is 6.84. The quantitative estimate of drug-likeness (QED) is 0.779. The van der Waals surface area contributed by atoms with E-state index in [1.54, 1.807) is 6.07 Å². The molecular weight excluding hydrogens is 384 g/mol. The summed E-state index contributed by atoms with van der Waals surface area (Å²) < 4.78 is 38.5. The number of hydrogen-bond acceptors (Lipinski definition) is 7. The lowest BCUT2D eigenvalue weighted by Crippen LogP contribution is -2.38. The van der Waals surface area contributed by atoms with Crippen LogP contribution in [0.4, 0.5) is 5.69 Å². The molecule has 2 heterocycles. The summed E-state index contributed by atoms with van der Waals surface area (Å²) in [6, 6.07) is 4.52. The zero-order valence-electron chi connectivity index (χ0n) is 15.1. The number of anilines is 1. The molecule has 0 bridgehead atoms. The number of rotatable bonds is 6. The molecule has 2 fully saturated rings. The van der Waals surface area contributed by atoms with Crippen molar-refractivity contribution in [2.24, 2.45) is 0 Å². The summed E-state index contributed by atoms with van der Waals surface area (Å²) >= 11 is 0. The van der Waals surface area contributed by atoms with Crippen molar-refractivity contribution in [1.29, 1.82) is 0 Å². The molecule has 2 saturated carbocycles. The van der Waals surface area contributed by atoms with E-state index < -0.39 is 10.0 Å². The molecule has 0 saturated heterocycles. The molecule has 2 aromatic rings. The molecule has 0 radical (unpaired) electrons. The topological polar surface area (TPSA) is 115 Å². The van der Waals surface area contributed by atoms with Crippen molar-refractivity contribution in [2.45, 2.75) is 55.5 Å². The molecule has 1 aromatic carbocycles. The summed E-state index contributed by atoms with van der Waals surface area (Å²) in [5, 5.41) is 3.99. The number of ether oxygens (including phenoxy) is 1. The van der Waals surface area contributed by atoms with Crippen LogP contribution in [0, 0.1) is 0 Å². The van der Waals surface area contributed by atoms with Crippen LogP contribution >= 0.6 is 0 Å². The monoisotopic (exact) mass is 404 g/mol. The smallest absolute Gasteiger partial charge is 0.265 e. The number of amides is 1. The maximum Gasteiger partial charge on any atom is 0.265 e. The van der Waals surface area contributed by atoms with Gasteiger partial charge in [-0.3, -0.25) is 9.69 Å². The van der Waals surface area contributed by atoms with Crippen LogP contribution in [-0.4, -0.2) is 37.1 Å². The number of fused-ring (bicyclic) bond motifs is 1. The Morgan fingerprint density at radius 3 is 2.75 bits per heavy atom. The molecule has 1 aromatic heterocycles. The highest BCUT2D eigenvalue weighted by Gasteiger charge is 2.32. The Labute approximate surface area is 162 Å². The minimum Gasteiger partial charge on any atom is -0.482 e. The third-order valence-electron chi connectivity index (χ3n) is 5.32. The van der Waals surface area contributed by atoms with E-state index in [1.165, 1.54) is 17.0 Å². The van der Waals surface area contributed by atoms with Crippen LogP contribution in [-0.2, 0) is 21.4 Å². The van der Waals surface area contributed by atoms with E-state index in [4.69, 9.17) is 9.26 Å². The second-order valence-corrected chi connectivity index (χ2v) is 9.18. The van der Waals surface area contributed by atoms with Crippen LogP contribution in [0.1, 0.15) is 49.7 Å². The van der Waals surface area contributed by atoms with Gasteiger partial charge in [-0.1, -0.05) is 11.6 Å². The van der Waals surface area contributed by atoms with Crippen LogP contribution in [0.3, 0.4) is 0 Å². The molecule has 10 heteroatoms. The van der Waals surface area contributed by atoms with Gasteiger partial charge in [-0.05, 0) is 43.9 Å². The first kappa shape index (κ1) is 17.6. The molecule has 0 spiro atoms. The van der Waals surface area contributed by atoms with E-state index in [-0.39, 0.29) is 30.0 Å². The van der Waals surface area contributed by atoms with Crippen LogP contribution in [0.5, 0.6) is 5.75 Å². The fourth-order valence-electron chi connectivity index (χ4n) is 3.31. The van der Waals surface area contributed by atoms with Crippen LogP contribution in [0.2, 0.25) is 0 Å². The van der Waals surface area contributed by atoms with Gasteiger partial charge in [0.2, 0.25) is 15.9 Å². The Morgan fingerprint density at radius 1 is 1.21 bits per heavy atom. The van der Waals surface area contributed by atoms with Crippen molar-refractivity contribution in [3.05, 3.63) is 29.9 Å². The van der Waals surface area contributed by atoms with Crippen molar-refractivity contribution >= 4 is 21.6 Å². The van der Waals surface area contributed by atoms with Crippen molar-refractivity contribution < 1.29 is 22.5 Å². The highest BCUT2D eigenvalue weighted by molar-refractivity contribution is 7.89. The molecular formula is C18H20N4O5S. The number of nitrogens with one attached hydrogen (secondary N) is 1. The SMILES string of the molecule is O=C1COc2ccc(S(=O)(=O)NC3CC3)cc2N1Cc1noc(C2CCC2)n1. The van der Waals surface area contributed by atoms with E-state index in [0.29, 0.717) is 29.1 Å². The average molecular weight is 404 g/mol. The summed E-state index contributed by atoms with van der Waals surface area (Å²) in [6.45, 7) is -0.0161. The van der Waals surface area contributed by atoms with E-state index in [1.807, 2.05) is 0 Å². The normalized spacial score (nSPS) is 19.9. The van der Waals surface area contributed by atoms with Crippen molar-refractivity contribution in [3.63, 3.8) is 0 Å². The van der Waals surface area contributed by atoms with Gasteiger partial charge in [0, 0.05) is 12.0 Å². The van der Waals surface area contributed by atoms with Crippen LogP contribution < -0.4 is 14.4 Å². The molecule has 28 heavy (non-hydrogen) atoms. The Hall–Kier alpha value is -2.46. The zero-order chi connectivity index (χ0) is 19.3. The Bertz CT molecular complexity index is 1030. The van der Waals surface area contributed by atoms with E-state index >= 15 is 0 Å². The summed E-state index contributed by atoms with van der Waals surface area (Å²) in [5.41, 5.74) is 0.393. The molecule has 5 rings (SSSR count). The number of carbonyl (C=O) groups excluding carboxylic acids is 1. The molecule has 1 N–H and O–H groups in total. The Balaban J connectivity index is 1.43. The number of aromatic nitrogens is 2. The molecule has 3 aliphatic rings. The van der Waals surface area contributed by atoms with Crippen molar-refractivity contribution in [3.8, 4) is 5.75 Å². The van der Waals surface area contributed by atoms with Gasteiger partial charge in [-0.2, -0.15) is 4.98 Å². The summed E-state index contributed by atoms with van der Waals surface area (Å²) in [7, 11) is -3.64. The molecule has 0 atom stereocenters. The largest absolute Gasteiger partial charge is 0.482 e. The van der Waals surface area contributed by atoms with Gasteiger partial charge in [0.1, 0.15) is 5.75 Å². The lowest BCUT2D eigenvalue weighted by atomic mass is 9.85. The molecule has 1 aliphatic heterocycles. The van der Waals surface area contributed by atoms with E-state index in [9.17, 15) is 13.2 Å². The standard InChI is InChI=1S/C18H20N4O5S/c23-17-10-26-15-7-6-13(28(24,25)21-12-4-5-12)8-14(15)22(17)9-16-19-18(27-20-16)11-2-1-3-11/h6-8,11-12,21H,1-5,9-10H2. The van der Waals surface area contributed by atoms with Gasteiger partial charge < -0.3 is 9.26 Å². The highest BCUT2D eigenvalue weighted by atomic mass is 32.2. The first-order valence-corrected chi connectivity index (χ1v) is 10.9. The lowest BCUT2D eigenvalue weighted by Gasteiger charge is -2.28. The first-order chi connectivity index (χ1) is 13.5. The molecule has 2 aliphatic carbocycles. The lowest BCUT2D eigenvalue weighted by molar-refractivity contribution is -0.121. The van der Waals surface area contributed by atoms with Gasteiger partial charge in [0.15, 0.2) is 12.4 Å². The summed E-state index contributed by atoms with van der Waals surface area (Å²) in [5.74, 6) is 1.47. The predicted molar refractivity (Wildman–Crippen MR) is 97.4 cm³/mol. The fourth-order valence-corrected chi connectivity index (χ4v) is 4.63. The van der Waals surface area contributed by atoms with Gasteiger partial charge in [0.05, 0.1) is 17.1 Å². The number of benzene rings is 1. The number of hydrogen-bond donors (Lipinski definition) is 1. The van der Waals surface area contributed by atoms with Crippen molar-refractivity contribution in [1.82, 2.24) is 14.9 Å².